The maximum absolute atomic E-state index is 14.0. The number of aromatic nitrogens is 1. The molecule has 136 valence electrons. The van der Waals surface area contributed by atoms with Gasteiger partial charge < -0.3 is 9.15 Å². The highest BCUT2D eigenvalue weighted by Gasteiger charge is 2.31. The maximum Gasteiger partial charge on any atom is 0.573 e. The van der Waals surface area contributed by atoms with E-state index < -0.39 is 6.36 Å². The van der Waals surface area contributed by atoms with Crippen LogP contribution in [0, 0.1) is 5.82 Å². The Bertz CT molecular complexity index is 1120. The highest BCUT2D eigenvalue weighted by molar-refractivity contribution is 5.82. The first-order valence-electron chi connectivity index (χ1n) is 7.91. The van der Waals surface area contributed by atoms with Gasteiger partial charge in [-0.3, -0.25) is 0 Å². The number of ether oxygens (including phenoxy) is 1. The monoisotopic (exact) mass is 373 g/mol. The van der Waals surface area contributed by atoms with Gasteiger partial charge in [0.15, 0.2) is 5.58 Å². The molecule has 0 bridgehead atoms. The van der Waals surface area contributed by atoms with Crippen molar-refractivity contribution in [3.05, 3.63) is 72.5 Å². The zero-order valence-corrected chi connectivity index (χ0v) is 13.6. The van der Waals surface area contributed by atoms with Crippen LogP contribution in [0.15, 0.2) is 71.1 Å². The third-order valence-electron chi connectivity index (χ3n) is 3.89. The molecule has 0 spiro atoms. The lowest BCUT2D eigenvalue weighted by Crippen LogP contribution is -2.17. The molecule has 1 heterocycles. The van der Waals surface area contributed by atoms with Gasteiger partial charge in [-0.2, -0.15) is 0 Å². The van der Waals surface area contributed by atoms with Crippen LogP contribution in [0.2, 0.25) is 0 Å². The molecule has 0 aliphatic carbocycles. The Morgan fingerprint density at radius 1 is 0.852 bits per heavy atom. The van der Waals surface area contributed by atoms with Crippen LogP contribution < -0.4 is 4.74 Å². The van der Waals surface area contributed by atoms with Gasteiger partial charge in [0.25, 0.3) is 0 Å². The van der Waals surface area contributed by atoms with Crippen molar-refractivity contribution in [3.63, 3.8) is 0 Å². The standard InChI is InChI=1S/C20H11F4NO2/c21-16-7-2-1-6-15(16)12-8-9-17-18(11-12)26-19(25-17)13-4-3-5-14(10-13)27-20(22,23)24/h1-11H. The number of hydrogen-bond acceptors (Lipinski definition) is 3. The van der Waals surface area contributed by atoms with Gasteiger partial charge in [0, 0.05) is 11.1 Å². The molecule has 0 aliphatic heterocycles. The van der Waals surface area contributed by atoms with E-state index in [1.807, 2.05) is 0 Å². The van der Waals surface area contributed by atoms with E-state index in [2.05, 4.69) is 9.72 Å². The van der Waals surface area contributed by atoms with Gasteiger partial charge in [-0.25, -0.2) is 9.37 Å². The van der Waals surface area contributed by atoms with Crippen molar-refractivity contribution >= 4 is 11.1 Å². The molecule has 3 aromatic carbocycles. The second-order valence-electron chi connectivity index (χ2n) is 5.76. The molecule has 0 radical (unpaired) electrons. The van der Waals surface area contributed by atoms with E-state index in [1.54, 1.807) is 42.5 Å². The molecule has 1 aromatic heterocycles. The molecule has 3 nitrogen and oxygen atoms in total. The molecule has 4 aromatic rings. The number of hydrogen-bond donors (Lipinski definition) is 0. The van der Waals surface area contributed by atoms with Crippen LogP contribution in [0.25, 0.3) is 33.7 Å². The lowest BCUT2D eigenvalue weighted by molar-refractivity contribution is -0.274. The lowest BCUT2D eigenvalue weighted by atomic mass is 10.1. The Labute approximate surface area is 150 Å². The summed E-state index contributed by atoms with van der Waals surface area (Å²) in [7, 11) is 0. The van der Waals surface area contributed by atoms with Crippen molar-refractivity contribution in [3.8, 4) is 28.3 Å². The Morgan fingerprint density at radius 3 is 2.44 bits per heavy atom. The van der Waals surface area contributed by atoms with Crippen molar-refractivity contribution in [2.45, 2.75) is 6.36 Å². The zero-order chi connectivity index (χ0) is 19.0. The van der Waals surface area contributed by atoms with E-state index in [9.17, 15) is 17.6 Å². The lowest BCUT2D eigenvalue weighted by Gasteiger charge is -2.08. The Balaban J connectivity index is 1.72. The summed E-state index contributed by atoms with van der Waals surface area (Å²) in [5.74, 6) is -0.591. The molecule has 0 amide bonds. The summed E-state index contributed by atoms with van der Waals surface area (Å²) >= 11 is 0. The Hall–Kier alpha value is -3.35. The SMILES string of the molecule is Fc1ccccc1-c1ccc2nc(-c3cccc(OC(F)(F)F)c3)oc2c1. The number of fused-ring (bicyclic) bond motifs is 1. The van der Waals surface area contributed by atoms with Crippen molar-refractivity contribution < 1.29 is 26.7 Å². The van der Waals surface area contributed by atoms with E-state index in [0.29, 0.717) is 27.8 Å². The minimum absolute atomic E-state index is 0.142. The average molecular weight is 373 g/mol. The molecule has 7 heteroatoms. The molecule has 0 aliphatic rings. The maximum atomic E-state index is 14.0. The summed E-state index contributed by atoms with van der Waals surface area (Å²) in [4.78, 5) is 4.28. The molecule has 0 atom stereocenters. The second-order valence-corrected chi connectivity index (χ2v) is 5.76. The molecule has 0 fully saturated rings. The summed E-state index contributed by atoms with van der Waals surface area (Å²) in [6.07, 6.45) is -4.78. The topological polar surface area (TPSA) is 35.3 Å². The third kappa shape index (κ3) is 3.62. The first kappa shape index (κ1) is 17.1. The number of alkyl halides is 3. The summed E-state index contributed by atoms with van der Waals surface area (Å²) in [5, 5.41) is 0. The van der Waals surface area contributed by atoms with Crippen molar-refractivity contribution in [1.82, 2.24) is 4.98 Å². The molecule has 0 N–H and O–H groups in total. The van der Waals surface area contributed by atoms with Crippen LogP contribution in [0.4, 0.5) is 17.6 Å². The van der Waals surface area contributed by atoms with Gasteiger partial charge in [-0.1, -0.05) is 30.3 Å². The van der Waals surface area contributed by atoms with Gasteiger partial charge in [-0.05, 0) is 42.0 Å². The van der Waals surface area contributed by atoms with Crippen LogP contribution in [0.3, 0.4) is 0 Å². The number of oxazole rings is 1. The first-order valence-corrected chi connectivity index (χ1v) is 7.91. The van der Waals surface area contributed by atoms with Crippen LogP contribution in [0.1, 0.15) is 0 Å². The van der Waals surface area contributed by atoms with Gasteiger partial charge in [0.2, 0.25) is 5.89 Å². The third-order valence-corrected chi connectivity index (χ3v) is 3.89. The molecule has 0 unspecified atom stereocenters. The summed E-state index contributed by atoms with van der Waals surface area (Å²) < 4.78 is 60.7. The van der Waals surface area contributed by atoms with Crippen molar-refractivity contribution in [1.29, 1.82) is 0 Å². The smallest absolute Gasteiger partial charge is 0.436 e. The average Bonchev–Trinajstić information content (AvgIpc) is 3.04. The van der Waals surface area contributed by atoms with E-state index in [0.717, 1.165) is 0 Å². The van der Waals surface area contributed by atoms with Crippen molar-refractivity contribution in [2.75, 3.05) is 0 Å². The molecular weight excluding hydrogens is 362 g/mol. The van der Waals surface area contributed by atoms with Gasteiger partial charge in [0.1, 0.15) is 17.1 Å². The summed E-state index contributed by atoms with van der Waals surface area (Å²) in [5.41, 5.74) is 2.26. The van der Waals surface area contributed by atoms with E-state index in [4.69, 9.17) is 4.42 Å². The van der Waals surface area contributed by atoms with Gasteiger partial charge in [-0.15, -0.1) is 13.2 Å². The van der Waals surface area contributed by atoms with Gasteiger partial charge >= 0.3 is 6.36 Å². The van der Waals surface area contributed by atoms with Crippen LogP contribution in [-0.4, -0.2) is 11.3 Å². The minimum atomic E-state index is -4.78. The normalized spacial score (nSPS) is 11.7. The van der Waals surface area contributed by atoms with E-state index >= 15 is 0 Å². The number of nitrogens with zero attached hydrogens (tertiary/aromatic N) is 1. The molecule has 0 saturated heterocycles. The minimum Gasteiger partial charge on any atom is -0.436 e. The number of rotatable bonds is 3. The van der Waals surface area contributed by atoms with Crippen LogP contribution in [0.5, 0.6) is 5.75 Å². The number of benzene rings is 3. The Morgan fingerprint density at radius 2 is 1.67 bits per heavy atom. The second kappa shape index (κ2) is 6.42. The fourth-order valence-corrected chi connectivity index (χ4v) is 2.74. The fourth-order valence-electron chi connectivity index (χ4n) is 2.74. The fraction of sp³-hybridized carbons (Fsp3) is 0.0500. The summed E-state index contributed by atoms with van der Waals surface area (Å²) in [6.45, 7) is 0. The van der Waals surface area contributed by atoms with Crippen molar-refractivity contribution in [2.24, 2.45) is 0 Å². The molecule has 27 heavy (non-hydrogen) atoms. The molecular formula is C20H11F4NO2. The number of halogens is 4. The van der Waals surface area contributed by atoms with Crippen LogP contribution >= 0.6 is 0 Å². The van der Waals surface area contributed by atoms with E-state index in [1.165, 1.54) is 24.3 Å². The largest absolute Gasteiger partial charge is 0.573 e. The van der Waals surface area contributed by atoms with E-state index in [-0.39, 0.29) is 17.5 Å². The Kier molecular flexibility index (Phi) is 4.07. The molecule has 4 rings (SSSR count). The highest BCUT2D eigenvalue weighted by Crippen LogP contribution is 2.32. The predicted molar refractivity (Wildman–Crippen MR) is 91.5 cm³/mol. The highest BCUT2D eigenvalue weighted by atomic mass is 19.4. The first-order chi connectivity index (χ1) is 12.9. The van der Waals surface area contributed by atoms with Gasteiger partial charge in [0.05, 0.1) is 0 Å². The predicted octanol–water partition coefficient (Wildman–Crippen LogP) is 6.20. The summed E-state index contributed by atoms with van der Waals surface area (Å²) in [6, 6.07) is 16.7. The molecule has 0 saturated carbocycles. The zero-order valence-electron chi connectivity index (χ0n) is 13.6. The quantitative estimate of drug-likeness (QED) is 0.401. The van der Waals surface area contributed by atoms with Crippen LogP contribution in [-0.2, 0) is 0 Å².